The predicted molar refractivity (Wildman–Crippen MR) is 102 cm³/mol. The summed E-state index contributed by atoms with van der Waals surface area (Å²) in [6.07, 6.45) is 5.12. The van der Waals surface area contributed by atoms with Crippen molar-refractivity contribution in [3.8, 4) is 0 Å². The zero-order valence-electron chi connectivity index (χ0n) is 14.8. The molecule has 0 atom stereocenters. The van der Waals surface area contributed by atoms with Crippen molar-refractivity contribution in [2.45, 2.75) is 32.7 Å². The van der Waals surface area contributed by atoms with Crippen molar-refractivity contribution in [3.05, 3.63) is 72.3 Å². The first-order valence-electron chi connectivity index (χ1n) is 8.33. The van der Waals surface area contributed by atoms with Gasteiger partial charge in [-0.05, 0) is 40.8 Å². The number of hydrogen-bond acceptors (Lipinski definition) is 5. The van der Waals surface area contributed by atoms with Crippen molar-refractivity contribution in [1.29, 1.82) is 0 Å². The molecule has 0 saturated carbocycles. The molecule has 0 spiro atoms. The maximum absolute atomic E-state index is 4.29. The fourth-order valence-corrected chi connectivity index (χ4v) is 2.42. The largest absolute Gasteiger partial charge is 0.366 e. The normalized spacial score (nSPS) is 11.2. The van der Waals surface area contributed by atoms with Gasteiger partial charge in [0.25, 0.3) is 0 Å². The highest BCUT2D eigenvalue weighted by Gasteiger charge is 2.12. The van der Waals surface area contributed by atoms with E-state index < -0.39 is 0 Å². The van der Waals surface area contributed by atoms with Gasteiger partial charge in [0.2, 0.25) is 0 Å². The molecule has 0 saturated heterocycles. The summed E-state index contributed by atoms with van der Waals surface area (Å²) >= 11 is 0. The van der Waals surface area contributed by atoms with Crippen molar-refractivity contribution in [3.63, 3.8) is 0 Å². The van der Waals surface area contributed by atoms with Crippen LogP contribution in [0.2, 0.25) is 0 Å². The summed E-state index contributed by atoms with van der Waals surface area (Å²) in [6, 6.07) is 14.3. The first-order chi connectivity index (χ1) is 12.0. The molecule has 1 aromatic carbocycles. The molecule has 3 aromatic rings. The van der Waals surface area contributed by atoms with Gasteiger partial charge in [-0.2, -0.15) is 0 Å². The van der Waals surface area contributed by atoms with E-state index in [1.165, 1.54) is 5.56 Å². The van der Waals surface area contributed by atoms with Crippen molar-refractivity contribution in [2.24, 2.45) is 0 Å². The summed E-state index contributed by atoms with van der Waals surface area (Å²) in [7, 11) is 0. The highest BCUT2D eigenvalue weighted by Crippen LogP contribution is 2.24. The van der Waals surface area contributed by atoms with Crippen LogP contribution >= 0.6 is 0 Å². The Labute approximate surface area is 148 Å². The first-order valence-corrected chi connectivity index (χ1v) is 8.33. The molecule has 2 N–H and O–H groups in total. The van der Waals surface area contributed by atoms with Crippen LogP contribution in [0.5, 0.6) is 0 Å². The molecule has 0 aliphatic heterocycles. The predicted octanol–water partition coefficient (Wildman–Crippen LogP) is 4.52. The van der Waals surface area contributed by atoms with Gasteiger partial charge in [-0.25, -0.2) is 9.97 Å². The van der Waals surface area contributed by atoms with Gasteiger partial charge >= 0.3 is 0 Å². The van der Waals surface area contributed by atoms with E-state index >= 15 is 0 Å². The molecular weight excluding hydrogens is 310 g/mol. The van der Waals surface area contributed by atoms with Crippen LogP contribution < -0.4 is 10.6 Å². The lowest BCUT2D eigenvalue weighted by molar-refractivity contribution is 0.590. The summed E-state index contributed by atoms with van der Waals surface area (Å²) in [5.74, 6) is 1.54. The molecule has 0 bridgehead atoms. The number of aromatic nitrogens is 3. The van der Waals surface area contributed by atoms with Gasteiger partial charge in [-0.3, -0.25) is 4.98 Å². The Hall–Kier alpha value is -2.95. The molecule has 0 aliphatic rings. The highest BCUT2D eigenvalue weighted by atomic mass is 15.1. The number of nitrogens with one attached hydrogen (secondary N) is 2. The minimum atomic E-state index is 0.150. The topological polar surface area (TPSA) is 62.7 Å². The van der Waals surface area contributed by atoms with Gasteiger partial charge in [0.05, 0.1) is 0 Å². The molecule has 3 rings (SSSR count). The Kier molecular flexibility index (Phi) is 4.93. The molecule has 0 radical (unpaired) electrons. The molecule has 5 heteroatoms. The summed E-state index contributed by atoms with van der Waals surface area (Å²) < 4.78 is 0. The molecule has 128 valence electrons. The van der Waals surface area contributed by atoms with E-state index in [4.69, 9.17) is 0 Å². The quantitative estimate of drug-likeness (QED) is 0.718. The zero-order valence-corrected chi connectivity index (χ0v) is 14.8. The number of anilines is 3. The second kappa shape index (κ2) is 7.30. The molecule has 0 fully saturated rings. The molecular formula is C20H23N5. The third kappa shape index (κ3) is 4.76. The van der Waals surface area contributed by atoms with Gasteiger partial charge in [0, 0.05) is 30.7 Å². The van der Waals surface area contributed by atoms with Crippen LogP contribution in [-0.2, 0) is 12.0 Å². The lowest BCUT2D eigenvalue weighted by atomic mass is 9.87. The molecule has 0 aliphatic carbocycles. The SMILES string of the molecule is CC(C)(C)c1ccc(Nc2cc(NCc3ccncc3)ncn2)cc1. The molecule has 5 nitrogen and oxygen atoms in total. The van der Waals surface area contributed by atoms with Crippen LogP contribution in [0.1, 0.15) is 31.9 Å². The number of benzene rings is 1. The first kappa shape index (κ1) is 16.9. The van der Waals surface area contributed by atoms with Gasteiger partial charge < -0.3 is 10.6 Å². The lowest BCUT2D eigenvalue weighted by Gasteiger charge is -2.19. The molecule has 2 heterocycles. The second-order valence-corrected chi connectivity index (χ2v) is 6.95. The standard InChI is InChI=1S/C20H23N5/c1-20(2,3)16-4-6-17(7-5-16)25-19-12-18(23-14-24-19)22-13-15-8-10-21-11-9-15/h4-12,14H,13H2,1-3H3,(H2,22,23,24,25). The average Bonchev–Trinajstić information content (AvgIpc) is 2.61. The van der Waals surface area contributed by atoms with Gasteiger partial charge in [0.1, 0.15) is 18.0 Å². The van der Waals surface area contributed by atoms with Crippen LogP contribution in [0.4, 0.5) is 17.3 Å². The monoisotopic (exact) mass is 333 g/mol. The van der Waals surface area contributed by atoms with E-state index in [2.05, 4.69) is 70.6 Å². The summed E-state index contributed by atoms with van der Waals surface area (Å²) in [5, 5.41) is 6.62. The third-order valence-electron chi connectivity index (χ3n) is 3.91. The zero-order chi connectivity index (χ0) is 17.7. The van der Waals surface area contributed by atoms with Crippen LogP contribution in [0.15, 0.2) is 61.2 Å². The summed E-state index contributed by atoms with van der Waals surface area (Å²) in [6.45, 7) is 7.32. The Balaban J connectivity index is 1.65. The van der Waals surface area contributed by atoms with Crippen LogP contribution in [0.3, 0.4) is 0 Å². The van der Waals surface area contributed by atoms with Crippen LogP contribution in [-0.4, -0.2) is 15.0 Å². The minimum absolute atomic E-state index is 0.150. The highest BCUT2D eigenvalue weighted by molar-refractivity contribution is 5.59. The lowest BCUT2D eigenvalue weighted by Crippen LogP contribution is -2.10. The molecule has 25 heavy (non-hydrogen) atoms. The van der Waals surface area contributed by atoms with Gasteiger partial charge in [0.15, 0.2) is 0 Å². The van der Waals surface area contributed by atoms with Gasteiger partial charge in [-0.1, -0.05) is 32.9 Å². The maximum Gasteiger partial charge on any atom is 0.135 e. The van der Waals surface area contributed by atoms with Crippen molar-refractivity contribution in [2.75, 3.05) is 10.6 Å². The van der Waals surface area contributed by atoms with E-state index in [9.17, 15) is 0 Å². The van der Waals surface area contributed by atoms with E-state index in [1.54, 1.807) is 18.7 Å². The van der Waals surface area contributed by atoms with E-state index in [-0.39, 0.29) is 5.41 Å². The van der Waals surface area contributed by atoms with E-state index in [0.29, 0.717) is 6.54 Å². The van der Waals surface area contributed by atoms with Crippen molar-refractivity contribution in [1.82, 2.24) is 15.0 Å². The molecule has 0 amide bonds. The smallest absolute Gasteiger partial charge is 0.135 e. The Morgan fingerprint density at radius 3 is 2.24 bits per heavy atom. The fourth-order valence-electron chi connectivity index (χ4n) is 2.42. The number of pyridine rings is 1. The number of rotatable bonds is 5. The van der Waals surface area contributed by atoms with Crippen LogP contribution in [0, 0.1) is 0 Å². The maximum atomic E-state index is 4.29. The molecule has 0 unspecified atom stereocenters. The van der Waals surface area contributed by atoms with Crippen molar-refractivity contribution < 1.29 is 0 Å². The fraction of sp³-hybridized carbons (Fsp3) is 0.250. The number of hydrogen-bond donors (Lipinski definition) is 2. The Morgan fingerprint density at radius 1 is 0.880 bits per heavy atom. The van der Waals surface area contributed by atoms with E-state index in [1.807, 2.05) is 18.2 Å². The molecule has 2 aromatic heterocycles. The van der Waals surface area contributed by atoms with Gasteiger partial charge in [-0.15, -0.1) is 0 Å². The summed E-state index contributed by atoms with van der Waals surface area (Å²) in [4.78, 5) is 12.6. The average molecular weight is 333 g/mol. The minimum Gasteiger partial charge on any atom is -0.366 e. The Morgan fingerprint density at radius 2 is 1.56 bits per heavy atom. The Bertz CT molecular complexity index is 807. The third-order valence-corrected chi connectivity index (χ3v) is 3.91. The van der Waals surface area contributed by atoms with Crippen LogP contribution in [0.25, 0.3) is 0 Å². The van der Waals surface area contributed by atoms with Crippen molar-refractivity contribution >= 4 is 17.3 Å². The van der Waals surface area contributed by atoms with E-state index in [0.717, 1.165) is 22.9 Å². The second-order valence-electron chi connectivity index (χ2n) is 6.95. The summed E-state index contributed by atoms with van der Waals surface area (Å²) in [5.41, 5.74) is 3.62. The number of nitrogens with zero attached hydrogens (tertiary/aromatic N) is 3.